The standard InChI is InChI=1S/C14H21BrN2O/c15-12-4-5-14(18)11(9-12)10-17-8-2-1-3-13(17)6-7-16/h4-5,9,13,18H,1-3,6-8,10,16H2. The van der Waals surface area contributed by atoms with Crippen molar-refractivity contribution in [2.24, 2.45) is 5.73 Å². The topological polar surface area (TPSA) is 49.5 Å². The lowest BCUT2D eigenvalue weighted by Crippen LogP contribution is -2.40. The Morgan fingerprint density at radius 2 is 2.22 bits per heavy atom. The fourth-order valence-electron chi connectivity index (χ4n) is 2.69. The number of hydrogen-bond acceptors (Lipinski definition) is 3. The van der Waals surface area contributed by atoms with E-state index < -0.39 is 0 Å². The summed E-state index contributed by atoms with van der Waals surface area (Å²) < 4.78 is 1.02. The Morgan fingerprint density at radius 3 is 3.00 bits per heavy atom. The van der Waals surface area contributed by atoms with E-state index in [2.05, 4.69) is 20.8 Å². The van der Waals surface area contributed by atoms with E-state index in [1.807, 2.05) is 12.1 Å². The van der Waals surface area contributed by atoms with Crippen LogP contribution in [0.25, 0.3) is 0 Å². The maximum absolute atomic E-state index is 9.91. The average molecular weight is 313 g/mol. The van der Waals surface area contributed by atoms with Crippen LogP contribution >= 0.6 is 15.9 Å². The number of aromatic hydroxyl groups is 1. The van der Waals surface area contributed by atoms with Gasteiger partial charge in [-0.1, -0.05) is 22.4 Å². The molecule has 1 unspecified atom stereocenters. The van der Waals surface area contributed by atoms with Crippen LogP contribution in [0.1, 0.15) is 31.2 Å². The maximum Gasteiger partial charge on any atom is 0.120 e. The second kappa shape index (κ2) is 6.55. The number of benzene rings is 1. The molecule has 1 aromatic carbocycles. The van der Waals surface area contributed by atoms with Gasteiger partial charge in [-0.25, -0.2) is 0 Å². The van der Waals surface area contributed by atoms with Crippen LogP contribution in [-0.2, 0) is 6.54 Å². The molecule has 4 heteroatoms. The van der Waals surface area contributed by atoms with Gasteiger partial charge in [-0.3, -0.25) is 4.90 Å². The van der Waals surface area contributed by atoms with Gasteiger partial charge in [0.05, 0.1) is 0 Å². The summed E-state index contributed by atoms with van der Waals surface area (Å²) in [5, 5.41) is 9.91. The minimum Gasteiger partial charge on any atom is -0.508 e. The molecule has 1 fully saturated rings. The van der Waals surface area contributed by atoms with Gasteiger partial charge in [0.1, 0.15) is 5.75 Å². The molecule has 3 N–H and O–H groups in total. The number of hydrogen-bond donors (Lipinski definition) is 2. The highest BCUT2D eigenvalue weighted by Crippen LogP contribution is 2.27. The molecule has 100 valence electrons. The van der Waals surface area contributed by atoms with Crippen molar-refractivity contribution in [3.05, 3.63) is 28.2 Å². The zero-order chi connectivity index (χ0) is 13.0. The molecule has 0 bridgehead atoms. The Morgan fingerprint density at radius 1 is 1.39 bits per heavy atom. The molecule has 3 nitrogen and oxygen atoms in total. The Balaban J connectivity index is 2.08. The van der Waals surface area contributed by atoms with Crippen LogP contribution in [0.15, 0.2) is 22.7 Å². The first kappa shape index (κ1) is 13.8. The zero-order valence-electron chi connectivity index (χ0n) is 10.6. The van der Waals surface area contributed by atoms with E-state index in [1.165, 1.54) is 19.3 Å². The largest absolute Gasteiger partial charge is 0.508 e. The first-order chi connectivity index (χ1) is 8.70. The minimum atomic E-state index is 0.385. The molecule has 1 aliphatic rings. The predicted octanol–water partition coefficient (Wildman–Crippen LogP) is 2.86. The number of phenolic OH excluding ortho intramolecular Hbond substituents is 1. The third-order valence-corrected chi connectivity index (χ3v) is 4.16. The van der Waals surface area contributed by atoms with Crippen LogP contribution in [0.5, 0.6) is 5.75 Å². The molecule has 1 aliphatic heterocycles. The van der Waals surface area contributed by atoms with Crippen LogP contribution in [-0.4, -0.2) is 29.1 Å². The summed E-state index contributed by atoms with van der Waals surface area (Å²) >= 11 is 3.46. The molecule has 1 aromatic rings. The van der Waals surface area contributed by atoms with Gasteiger partial charge in [0.2, 0.25) is 0 Å². The van der Waals surface area contributed by atoms with Gasteiger partial charge in [-0.05, 0) is 50.6 Å². The first-order valence-corrected chi connectivity index (χ1v) is 7.41. The normalized spacial score (nSPS) is 21.1. The molecule has 0 aromatic heterocycles. The predicted molar refractivity (Wildman–Crippen MR) is 77.5 cm³/mol. The Labute approximate surface area is 117 Å². The summed E-state index contributed by atoms with van der Waals surface area (Å²) in [6.45, 7) is 2.66. The lowest BCUT2D eigenvalue weighted by molar-refractivity contribution is 0.133. The van der Waals surface area contributed by atoms with E-state index in [0.717, 1.165) is 36.1 Å². The minimum absolute atomic E-state index is 0.385. The Hall–Kier alpha value is -0.580. The second-order valence-corrected chi connectivity index (χ2v) is 5.89. The van der Waals surface area contributed by atoms with Gasteiger partial charge >= 0.3 is 0 Å². The molecule has 1 heterocycles. The van der Waals surface area contributed by atoms with E-state index in [-0.39, 0.29) is 0 Å². The van der Waals surface area contributed by atoms with Gasteiger partial charge in [-0.15, -0.1) is 0 Å². The quantitative estimate of drug-likeness (QED) is 0.899. The summed E-state index contributed by atoms with van der Waals surface area (Å²) in [6.07, 6.45) is 4.82. The third kappa shape index (κ3) is 3.46. The van der Waals surface area contributed by atoms with Crippen molar-refractivity contribution in [1.82, 2.24) is 4.90 Å². The fraction of sp³-hybridized carbons (Fsp3) is 0.571. The summed E-state index contributed by atoms with van der Waals surface area (Å²) in [6, 6.07) is 6.19. The summed E-state index contributed by atoms with van der Waals surface area (Å²) in [4.78, 5) is 2.46. The van der Waals surface area contributed by atoms with E-state index in [1.54, 1.807) is 6.07 Å². The van der Waals surface area contributed by atoms with Gasteiger partial charge in [0, 0.05) is 22.6 Å². The number of piperidine rings is 1. The van der Waals surface area contributed by atoms with E-state index in [4.69, 9.17) is 5.73 Å². The van der Waals surface area contributed by atoms with Crippen molar-refractivity contribution in [3.8, 4) is 5.75 Å². The Bertz CT molecular complexity index is 395. The van der Waals surface area contributed by atoms with Crippen molar-refractivity contribution < 1.29 is 5.11 Å². The SMILES string of the molecule is NCCC1CCCCN1Cc1cc(Br)ccc1O. The van der Waals surface area contributed by atoms with Crippen LogP contribution in [0.3, 0.4) is 0 Å². The molecule has 18 heavy (non-hydrogen) atoms. The van der Waals surface area contributed by atoms with Gasteiger partial charge in [0.15, 0.2) is 0 Å². The highest BCUT2D eigenvalue weighted by molar-refractivity contribution is 9.10. The average Bonchev–Trinajstić information content (AvgIpc) is 2.36. The first-order valence-electron chi connectivity index (χ1n) is 6.62. The van der Waals surface area contributed by atoms with Crippen LogP contribution in [0.2, 0.25) is 0 Å². The number of halogens is 1. The lowest BCUT2D eigenvalue weighted by atomic mass is 9.98. The molecule has 0 saturated carbocycles. The summed E-state index contributed by atoms with van der Waals surface area (Å²) in [7, 11) is 0. The van der Waals surface area contributed by atoms with Crippen molar-refractivity contribution in [2.75, 3.05) is 13.1 Å². The zero-order valence-corrected chi connectivity index (χ0v) is 12.2. The molecule has 0 amide bonds. The highest BCUT2D eigenvalue weighted by atomic mass is 79.9. The van der Waals surface area contributed by atoms with Crippen molar-refractivity contribution in [2.45, 2.75) is 38.3 Å². The summed E-state index contributed by atoms with van der Waals surface area (Å²) in [5.74, 6) is 0.385. The number of nitrogens with two attached hydrogens (primary N) is 1. The van der Waals surface area contributed by atoms with Gasteiger partial charge in [-0.2, -0.15) is 0 Å². The number of likely N-dealkylation sites (tertiary alicyclic amines) is 1. The fourth-order valence-corrected chi connectivity index (χ4v) is 3.10. The number of rotatable bonds is 4. The third-order valence-electron chi connectivity index (χ3n) is 3.66. The molecule has 0 radical (unpaired) electrons. The Kier molecular flexibility index (Phi) is 5.03. The van der Waals surface area contributed by atoms with Crippen LogP contribution < -0.4 is 5.73 Å². The molecule has 0 spiro atoms. The second-order valence-electron chi connectivity index (χ2n) is 4.97. The molecule has 1 atom stereocenters. The molecular formula is C14H21BrN2O. The van der Waals surface area contributed by atoms with E-state index >= 15 is 0 Å². The molecular weight excluding hydrogens is 292 g/mol. The maximum atomic E-state index is 9.91. The van der Waals surface area contributed by atoms with Gasteiger partial charge in [0.25, 0.3) is 0 Å². The monoisotopic (exact) mass is 312 g/mol. The number of nitrogens with zero attached hydrogens (tertiary/aromatic N) is 1. The van der Waals surface area contributed by atoms with Crippen LogP contribution in [0.4, 0.5) is 0 Å². The molecule has 0 aliphatic carbocycles. The molecule has 2 rings (SSSR count). The van der Waals surface area contributed by atoms with Gasteiger partial charge < -0.3 is 10.8 Å². The smallest absolute Gasteiger partial charge is 0.120 e. The van der Waals surface area contributed by atoms with Crippen molar-refractivity contribution in [3.63, 3.8) is 0 Å². The van der Waals surface area contributed by atoms with Crippen molar-refractivity contribution >= 4 is 15.9 Å². The lowest BCUT2D eigenvalue weighted by Gasteiger charge is -2.35. The van der Waals surface area contributed by atoms with E-state index in [9.17, 15) is 5.11 Å². The number of phenols is 1. The summed E-state index contributed by atoms with van der Waals surface area (Å²) in [5.41, 5.74) is 6.68. The molecule has 1 saturated heterocycles. The van der Waals surface area contributed by atoms with Crippen molar-refractivity contribution in [1.29, 1.82) is 0 Å². The highest BCUT2D eigenvalue weighted by Gasteiger charge is 2.22. The van der Waals surface area contributed by atoms with Crippen LogP contribution in [0, 0.1) is 0 Å². The van der Waals surface area contributed by atoms with E-state index in [0.29, 0.717) is 11.8 Å².